The third-order valence-electron chi connectivity index (χ3n) is 2.52. The molecule has 1 aliphatic heterocycles. The predicted molar refractivity (Wildman–Crippen MR) is 60.9 cm³/mol. The van der Waals surface area contributed by atoms with Gasteiger partial charge in [-0.15, -0.1) is 0 Å². The fourth-order valence-corrected chi connectivity index (χ4v) is 3.06. The maximum atomic E-state index is 5.21. The van der Waals surface area contributed by atoms with Crippen molar-refractivity contribution in [3.05, 3.63) is 11.7 Å². The Kier molecular flexibility index (Phi) is 4.02. The van der Waals surface area contributed by atoms with Gasteiger partial charge in [-0.1, -0.05) is 11.6 Å². The summed E-state index contributed by atoms with van der Waals surface area (Å²) in [6, 6.07) is 0. The number of rotatable bonds is 4. The van der Waals surface area contributed by atoms with Gasteiger partial charge in [0.15, 0.2) is 5.82 Å². The first-order chi connectivity index (χ1) is 7.38. The van der Waals surface area contributed by atoms with Gasteiger partial charge in [-0.3, -0.25) is 0 Å². The summed E-state index contributed by atoms with van der Waals surface area (Å²) in [6.45, 7) is 0.682. The summed E-state index contributed by atoms with van der Waals surface area (Å²) in [4.78, 5) is 4.34. The lowest BCUT2D eigenvalue weighted by Gasteiger charge is -2.19. The van der Waals surface area contributed by atoms with Crippen LogP contribution in [0, 0.1) is 0 Å². The zero-order chi connectivity index (χ0) is 10.5. The van der Waals surface area contributed by atoms with Crippen molar-refractivity contribution >= 4 is 11.8 Å². The zero-order valence-corrected chi connectivity index (χ0v) is 9.85. The van der Waals surface area contributed by atoms with Crippen LogP contribution in [0.2, 0.25) is 0 Å². The summed E-state index contributed by atoms with van der Waals surface area (Å²) in [6.07, 6.45) is 4.92. The van der Waals surface area contributed by atoms with Crippen molar-refractivity contribution in [1.29, 1.82) is 0 Å². The molecule has 84 valence electrons. The van der Waals surface area contributed by atoms with Crippen LogP contribution in [0.15, 0.2) is 4.52 Å². The molecule has 0 bridgehead atoms. The van der Waals surface area contributed by atoms with Crippen molar-refractivity contribution in [2.45, 2.75) is 37.5 Å². The Morgan fingerprint density at radius 3 is 3.20 bits per heavy atom. The van der Waals surface area contributed by atoms with Crippen molar-refractivity contribution in [1.82, 2.24) is 15.5 Å². The first-order valence-corrected chi connectivity index (χ1v) is 6.51. The van der Waals surface area contributed by atoms with Gasteiger partial charge in [0.1, 0.15) is 0 Å². The smallest absolute Gasteiger partial charge is 0.227 e. The third-order valence-corrected chi connectivity index (χ3v) is 3.92. The molecule has 0 aromatic carbocycles. The van der Waals surface area contributed by atoms with Crippen LogP contribution in [0.1, 0.15) is 31.0 Å². The van der Waals surface area contributed by atoms with Crippen molar-refractivity contribution in [2.24, 2.45) is 0 Å². The van der Waals surface area contributed by atoms with Crippen LogP contribution in [0.3, 0.4) is 0 Å². The average Bonchev–Trinajstić information content (AvgIpc) is 2.68. The molecule has 0 saturated carbocycles. The van der Waals surface area contributed by atoms with Crippen molar-refractivity contribution in [2.75, 3.05) is 12.8 Å². The van der Waals surface area contributed by atoms with Gasteiger partial charge in [-0.25, -0.2) is 0 Å². The summed E-state index contributed by atoms with van der Waals surface area (Å²) in [7, 11) is 1.88. The molecule has 1 atom stereocenters. The van der Waals surface area contributed by atoms with E-state index in [9.17, 15) is 0 Å². The predicted octanol–water partition coefficient (Wildman–Crippen LogP) is 1.62. The molecular formula is C10H17N3OS. The SMILES string of the molecule is CNCc1noc(CC2CCCCS2)n1. The first-order valence-electron chi connectivity index (χ1n) is 5.46. The molecule has 4 nitrogen and oxygen atoms in total. The van der Waals surface area contributed by atoms with Crippen LogP contribution in [0.4, 0.5) is 0 Å². The summed E-state index contributed by atoms with van der Waals surface area (Å²) in [5.74, 6) is 2.83. The van der Waals surface area contributed by atoms with Crippen molar-refractivity contribution in [3.63, 3.8) is 0 Å². The van der Waals surface area contributed by atoms with Crippen LogP contribution in [-0.2, 0) is 13.0 Å². The maximum Gasteiger partial charge on any atom is 0.227 e. The molecule has 0 amide bonds. The molecule has 2 heterocycles. The number of thioether (sulfide) groups is 1. The van der Waals surface area contributed by atoms with E-state index in [1.807, 2.05) is 18.8 Å². The van der Waals surface area contributed by atoms with Gasteiger partial charge in [0.2, 0.25) is 5.89 Å². The fourth-order valence-electron chi connectivity index (χ4n) is 1.77. The highest BCUT2D eigenvalue weighted by molar-refractivity contribution is 7.99. The van der Waals surface area contributed by atoms with E-state index in [1.54, 1.807) is 0 Å². The molecule has 1 aromatic rings. The second-order valence-electron chi connectivity index (χ2n) is 3.83. The Hall–Kier alpha value is -0.550. The molecular weight excluding hydrogens is 210 g/mol. The molecule has 1 unspecified atom stereocenters. The molecule has 2 rings (SSSR count). The average molecular weight is 227 g/mol. The molecule has 5 heteroatoms. The first kappa shape index (κ1) is 11.0. The Balaban J connectivity index is 1.86. The van der Waals surface area contributed by atoms with E-state index >= 15 is 0 Å². The van der Waals surface area contributed by atoms with E-state index in [0.29, 0.717) is 11.8 Å². The summed E-state index contributed by atoms with van der Waals surface area (Å²) >= 11 is 2.04. The normalized spacial score (nSPS) is 21.8. The van der Waals surface area contributed by atoms with Gasteiger partial charge < -0.3 is 9.84 Å². The Labute approximate surface area is 94.2 Å². The highest BCUT2D eigenvalue weighted by atomic mass is 32.2. The van der Waals surface area contributed by atoms with Crippen molar-refractivity contribution < 1.29 is 4.52 Å². The molecule has 1 aliphatic rings. The largest absolute Gasteiger partial charge is 0.339 e. The van der Waals surface area contributed by atoms with Crippen molar-refractivity contribution in [3.8, 4) is 0 Å². The molecule has 1 fully saturated rings. The van der Waals surface area contributed by atoms with Crippen LogP contribution < -0.4 is 5.32 Å². The van der Waals surface area contributed by atoms with E-state index in [0.717, 1.165) is 18.1 Å². The topological polar surface area (TPSA) is 51.0 Å². The molecule has 1 N–H and O–H groups in total. The number of nitrogens with one attached hydrogen (secondary N) is 1. The minimum absolute atomic E-state index is 0.682. The van der Waals surface area contributed by atoms with Crippen LogP contribution in [0.25, 0.3) is 0 Å². The van der Waals surface area contributed by atoms with E-state index in [2.05, 4.69) is 15.5 Å². The van der Waals surface area contributed by atoms with E-state index < -0.39 is 0 Å². The molecule has 1 saturated heterocycles. The Morgan fingerprint density at radius 2 is 2.47 bits per heavy atom. The quantitative estimate of drug-likeness (QED) is 0.847. The van der Waals surface area contributed by atoms with E-state index in [4.69, 9.17) is 4.52 Å². The van der Waals surface area contributed by atoms with Crippen LogP contribution in [0.5, 0.6) is 0 Å². The highest BCUT2D eigenvalue weighted by Gasteiger charge is 2.17. The van der Waals surface area contributed by atoms with E-state index in [1.165, 1.54) is 25.0 Å². The van der Waals surface area contributed by atoms with Gasteiger partial charge >= 0.3 is 0 Å². The van der Waals surface area contributed by atoms with Gasteiger partial charge in [-0.05, 0) is 25.6 Å². The number of hydrogen-bond donors (Lipinski definition) is 1. The van der Waals surface area contributed by atoms with Crippen LogP contribution in [-0.4, -0.2) is 28.2 Å². The Bertz CT molecular complexity index is 297. The minimum atomic E-state index is 0.682. The highest BCUT2D eigenvalue weighted by Crippen LogP contribution is 2.27. The number of hydrogen-bond acceptors (Lipinski definition) is 5. The second-order valence-corrected chi connectivity index (χ2v) is 5.24. The third kappa shape index (κ3) is 3.21. The number of aromatic nitrogens is 2. The summed E-state index contributed by atoms with van der Waals surface area (Å²) in [5.41, 5.74) is 0. The van der Waals surface area contributed by atoms with E-state index in [-0.39, 0.29) is 0 Å². The molecule has 0 spiro atoms. The van der Waals surface area contributed by atoms with Gasteiger partial charge in [0.25, 0.3) is 0 Å². The lowest BCUT2D eigenvalue weighted by Crippen LogP contribution is -2.13. The van der Waals surface area contributed by atoms with Gasteiger partial charge in [0.05, 0.1) is 6.54 Å². The molecule has 0 aliphatic carbocycles. The molecule has 15 heavy (non-hydrogen) atoms. The van der Waals surface area contributed by atoms with Gasteiger partial charge in [-0.2, -0.15) is 16.7 Å². The minimum Gasteiger partial charge on any atom is -0.339 e. The molecule has 1 aromatic heterocycles. The number of nitrogens with zero attached hydrogens (tertiary/aromatic N) is 2. The molecule has 0 radical (unpaired) electrons. The standard InChI is InChI=1S/C10H17N3OS/c1-11-7-9-12-10(14-13-9)6-8-4-2-3-5-15-8/h8,11H,2-7H2,1H3. The maximum absolute atomic E-state index is 5.21. The summed E-state index contributed by atoms with van der Waals surface area (Å²) in [5, 5.41) is 7.61. The lowest BCUT2D eigenvalue weighted by molar-refractivity contribution is 0.368. The van der Waals surface area contributed by atoms with Gasteiger partial charge in [0, 0.05) is 11.7 Å². The zero-order valence-electron chi connectivity index (χ0n) is 9.03. The Morgan fingerprint density at radius 1 is 1.53 bits per heavy atom. The lowest BCUT2D eigenvalue weighted by atomic mass is 10.1. The second kappa shape index (κ2) is 5.51. The summed E-state index contributed by atoms with van der Waals surface area (Å²) < 4.78 is 5.21. The monoisotopic (exact) mass is 227 g/mol. The van der Waals surface area contributed by atoms with Crippen LogP contribution >= 0.6 is 11.8 Å². The fraction of sp³-hybridized carbons (Fsp3) is 0.800.